The van der Waals surface area contributed by atoms with Crippen LogP contribution in [0.2, 0.25) is 0 Å². The first-order valence-electron chi connectivity index (χ1n) is 7.73. The second-order valence-corrected chi connectivity index (χ2v) is 5.33. The molecule has 2 rings (SSSR count). The number of nitrogens with two attached hydrogens (primary N) is 2. The van der Waals surface area contributed by atoms with Crippen molar-refractivity contribution in [1.29, 1.82) is 0 Å². The summed E-state index contributed by atoms with van der Waals surface area (Å²) in [6.07, 6.45) is 3.95. The summed E-state index contributed by atoms with van der Waals surface area (Å²) >= 11 is 0. The van der Waals surface area contributed by atoms with Gasteiger partial charge in [-0.2, -0.15) is 0 Å². The number of anilines is 3. The molecular weight excluding hydrogens is 314 g/mol. The van der Waals surface area contributed by atoms with Crippen molar-refractivity contribution in [2.75, 3.05) is 36.1 Å². The summed E-state index contributed by atoms with van der Waals surface area (Å²) in [4.78, 5) is 16.5. The van der Waals surface area contributed by atoms with Crippen molar-refractivity contribution >= 4 is 23.6 Å². The lowest BCUT2D eigenvalue weighted by atomic mass is 10.1. The lowest BCUT2D eigenvalue weighted by Gasteiger charge is -2.26. The van der Waals surface area contributed by atoms with Gasteiger partial charge in [0.1, 0.15) is 12.7 Å². The summed E-state index contributed by atoms with van der Waals surface area (Å²) < 4.78 is 4.88. The van der Waals surface area contributed by atoms with E-state index in [1.54, 1.807) is 6.07 Å². The van der Waals surface area contributed by atoms with E-state index in [0.717, 1.165) is 25.9 Å². The van der Waals surface area contributed by atoms with E-state index in [9.17, 15) is 10.0 Å². The van der Waals surface area contributed by atoms with Gasteiger partial charge in [-0.3, -0.25) is 0 Å². The van der Waals surface area contributed by atoms with Crippen LogP contribution in [0.4, 0.5) is 17.6 Å². The van der Waals surface area contributed by atoms with Crippen molar-refractivity contribution in [2.24, 2.45) is 0 Å². The molecule has 0 saturated carbocycles. The average molecular weight is 339 g/mol. The van der Waals surface area contributed by atoms with Crippen LogP contribution in [0.5, 0.6) is 0 Å². The molecule has 1 aliphatic heterocycles. The Balaban J connectivity index is 0.000000277. The van der Waals surface area contributed by atoms with Crippen molar-refractivity contribution < 1.29 is 19.4 Å². The molecule has 0 bridgehead atoms. The zero-order chi connectivity index (χ0) is 18.1. The van der Waals surface area contributed by atoms with Gasteiger partial charge in [0.25, 0.3) is 0 Å². The molecule has 2 heterocycles. The van der Waals surface area contributed by atoms with Crippen molar-refractivity contribution in [3.8, 4) is 0 Å². The first-order chi connectivity index (χ1) is 11.4. The Morgan fingerprint density at radius 3 is 2.67 bits per heavy atom. The van der Waals surface area contributed by atoms with Gasteiger partial charge in [-0.15, -0.1) is 0 Å². The van der Waals surface area contributed by atoms with Gasteiger partial charge >= 0.3 is 11.9 Å². The Hall–Kier alpha value is -2.55. The van der Waals surface area contributed by atoms with Gasteiger partial charge in [0.2, 0.25) is 0 Å². The fraction of sp³-hybridized carbons (Fsp3) is 0.533. The summed E-state index contributed by atoms with van der Waals surface area (Å²) in [6.45, 7) is 6.75. The van der Waals surface area contributed by atoms with E-state index in [4.69, 9.17) is 16.6 Å². The SMILES string of the molecule is C=CCOC(=O)C(C)O.Nc1cc(N2CCCCC2)nc(N)[n+]1[O-]. The first kappa shape index (κ1) is 19.5. The number of hydrogen-bond acceptors (Lipinski definition) is 8. The van der Waals surface area contributed by atoms with E-state index in [0.29, 0.717) is 10.5 Å². The molecule has 0 aliphatic carbocycles. The summed E-state index contributed by atoms with van der Waals surface area (Å²) in [5.74, 6) is 0.102. The third-order valence-electron chi connectivity index (χ3n) is 3.31. The van der Waals surface area contributed by atoms with Crippen LogP contribution in [0, 0.1) is 5.21 Å². The molecule has 0 spiro atoms. The first-order valence-corrected chi connectivity index (χ1v) is 7.73. The lowest BCUT2D eigenvalue weighted by molar-refractivity contribution is -0.576. The van der Waals surface area contributed by atoms with Gasteiger partial charge in [0.05, 0.1) is 6.07 Å². The summed E-state index contributed by atoms with van der Waals surface area (Å²) in [5, 5.41) is 19.7. The highest BCUT2D eigenvalue weighted by molar-refractivity contribution is 5.73. The molecule has 5 N–H and O–H groups in total. The number of rotatable bonds is 4. The van der Waals surface area contributed by atoms with Crippen LogP contribution in [-0.4, -0.2) is 41.9 Å². The zero-order valence-electron chi connectivity index (χ0n) is 13.9. The van der Waals surface area contributed by atoms with Gasteiger partial charge in [-0.05, 0) is 26.2 Å². The van der Waals surface area contributed by atoms with Crippen molar-refractivity contribution in [3.05, 3.63) is 23.9 Å². The number of esters is 1. The Bertz CT molecular complexity index is 536. The molecule has 0 radical (unpaired) electrons. The van der Waals surface area contributed by atoms with Crippen LogP contribution in [0.15, 0.2) is 18.7 Å². The number of carbonyl (C=O) groups is 1. The van der Waals surface area contributed by atoms with Crippen molar-refractivity contribution in [3.63, 3.8) is 0 Å². The second-order valence-electron chi connectivity index (χ2n) is 5.33. The van der Waals surface area contributed by atoms with Gasteiger partial charge in [-0.25, -0.2) is 9.52 Å². The standard InChI is InChI=1S/C9H15N5O.C6H10O3/c10-7-6-8(12-9(11)14(7)15)13-4-2-1-3-5-13;1-3-4-9-6(8)5(2)7/h6H,1-5,10H2,(H2,11,12);3,5,7H,1,4H2,2H3. The number of aliphatic hydroxyl groups is 1. The molecule has 24 heavy (non-hydrogen) atoms. The minimum absolute atomic E-state index is 0.0874. The highest BCUT2D eigenvalue weighted by atomic mass is 16.5. The van der Waals surface area contributed by atoms with E-state index >= 15 is 0 Å². The molecular formula is C15H25N5O4. The second kappa shape index (κ2) is 9.56. The molecule has 0 amide bonds. The summed E-state index contributed by atoms with van der Waals surface area (Å²) in [7, 11) is 0. The third kappa shape index (κ3) is 5.92. The minimum Gasteiger partial charge on any atom is -0.754 e. The number of aromatic nitrogens is 2. The van der Waals surface area contributed by atoms with E-state index in [2.05, 4.69) is 21.2 Å². The van der Waals surface area contributed by atoms with E-state index < -0.39 is 12.1 Å². The fourth-order valence-electron chi connectivity index (χ4n) is 2.06. The Labute approximate surface area is 141 Å². The molecule has 1 fully saturated rings. The minimum atomic E-state index is -1.04. The van der Waals surface area contributed by atoms with Gasteiger partial charge in [0.15, 0.2) is 11.6 Å². The Morgan fingerprint density at radius 2 is 2.17 bits per heavy atom. The number of piperidine rings is 1. The molecule has 9 heteroatoms. The number of nitrogen functional groups attached to an aromatic ring is 2. The molecule has 9 nitrogen and oxygen atoms in total. The smallest absolute Gasteiger partial charge is 0.346 e. The monoisotopic (exact) mass is 339 g/mol. The molecule has 0 aromatic carbocycles. The average Bonchev–Trinajstić information content (AvgIpc) is 2.58. The number of ether oxygens (including phenoxy) is 1. The van der Waals surface area contributed by atoms with Crippen LogP contribution >= 0.6 is 0 Å². The Morgan fingerprint density at radius 1 is 1.54 bits per heavy atom. The molecule has 1 aromatic rings. The predicted molar refractivity (Wildman–Crippen MR) is 90.9 cm³/mol. The number of nitrogens with zero attached hydrogens (tertiary/aromatic N) is 3. The van der Waals surface area contributed by atoms with Crippen LogP contribution in [-0.2, 0) is 9.53 Å². The largest absolute Gasteiger partial charge is 0.754 e. The zero-order valence-corrected chi connectivity index (χ0v) is 13.9. The lowest BCUT2D eigenvalue weighted by Crippen LogP contribution is -2.38. The highest BCUT2D eigenvalue weighted by Gasteiger charge is 2.16. The summed E-state index contributed by atoms with van der Waals surface area (Å²) in [6, 6.07) is 1.58. The molecule has 1 unspecified atom stereocenters. The van der Waals surface area contributed by atoms with E-state index in [1.807, 2.05) is 0 Å². The molecule has 1 atom stereocenters. The highest BCUT2D eigenvalue weighted by Crippen LogP contribution is 2.18. The van der Waals surface area contributed by atoms with E-state index in [-0.39, 0.29) is 18.4 Å². The summed E-state index contributed by atoms with van der Waals surface area (Å²) in [5.41, 5.74) is 11.0. The van der Waals surface area contributed by atoms with Crippen LogP contribution in [0.1, 0.15) is 26.2 Å². The van der Waals surface area contributed by atoms with Crippen molar-refractivity contribution in [1.82, 2.24) is 4.98 Å². The molecule has 1 aromatic heterocycles. The Kier molecular flexibility index (Phi) is 7.76. The quantitative estimate of drug-likeness (QED) is 0.300. The molecule has 1 saturated heterocycles. The van der Waals surface area contributed by atoms with Crippen molar-refractivity contribution in [2.45, 2.75) is 32.3 Å². The maximum Gasteiger partial charge on any atom is 0.346 e. The van der Waals surface area contributed by atoms with Gasteiger partial charge in [-0.1, -0.05) is 17.6 Å². The van der Waals surface area contributed by atoms with Crippen LogP contribution in [0.25, 0.3) is 0 Å². The maximum atomic E-state index is 11.2. The fourth-order valence-corrected chi connectivity index (χ4v) is 2.06. The predicted octanol–water partition coefficient (Wildman–Crippen LogP) is -0.0339. The van der Waals surface area contributed by atoms with Gasteiger partial charge < -0.3 is 31.4 Å². The van der Waals surface area contributed by atoms with Crippen LogP contribution < -0.4 is 21.1 Å². The molecule has 134 valence electrons. The van der Waals surface area contributed by atoms with E-state index in [1.165, 1.54) is 19.4 Å². The third-order valence-corrected chi connectivity index (χ3v) is 3.31. The normalized spacial score (nSPS) is 15.0. The maximum absolute atomic E-state index is 11.2. The van der Waals surface area contributed by atoms with Gasteiger partial charge in [0, 0.05) is 13.1 Å². The number of hydrogen-bond donors (Lipinski definition) is 3. The molecule has 1 aliphatic rings. The number of carbonyl (C=O) groups excluding carboxylic acids is 1. The van der Waals surface area contributed by atoms with Crippen LogP contribution in [0.3, 0.4) is 0 Å². The topological polar surface area (TPSA) is 142 Å². The number of aliphatic hydroxyl groups excluding tert-OH is 1.